The monoisotopic (exact) mass is 833 g/mol. The number of rotatable bonds is 12. The zero-order valence-corrected chi connectivity index (χ0v) is 35.0. The Morgan fingerprint density at radius 2 is 1.83 bits per heavy atom. The SMILES string of the molecule is Cc1cc(Cl)ccc1C1N(CC2CCN(c3ccc(C(=O)NSc4ccc(NCC5CCOCC5)c(N)c4)c(Oc4cnc5[nH]ccc5c4)c3)CC2)C(=O)C12CCCC2. The second kappa shape index (κ2) is 17.0. The number of nitrogens with zero attached hydrogens (tertiary/aromatic N) is 3. The van der Waals surface area contributed by atoms with Gasteiger partial charge in [-0.3, -0.25) is 14.3 Å². The van der Waals surface area contributed by atoms with E-state index in [1.54, 1.807) is 6.20 Å². The number of hydrogen-bond acceptors (Lipinski definition) is 9. The van der Waals surface area contributed by atoms with Gasteiger partial charge in [0.05, 0.1) is 34.6 Å². The van der Waals surface area contributed by atoms with E-state index in [9.17, 15) is 9.59 Å². The van der Waals surface area contributed by atoms with Gasteiger partial charge in [-0.25, -0.2) is 4.98 Å². The molecule has 0 bridgehead atoms. The minimum atomic E-state index is -0.282. The number of likely N-dealkylation sites (tertiary alicyclic amines) is 1. The first-order valence-corrected chi connectivity index (χ1v) is 22.2. The van der Waals surface area contributed by atoms with E-state index in [1.165, 1.54) is 17.5 Å². The first-order valence-electron chi connectivity index (χ1n) is 21.0. The van der Waals surface area contributed by atoms with Gasteiger partial charge in [-0.15, -0.1) is 0 Å². The largest absolute Gasteiger partial charge is 0.455 e. The number of ether oxygens (including phenoxy) is 2. The van der Waals surface area contributed by atoms with Gasteiger partial charge in [-0.2, -0.15) is 0 Å². The highest BCUT2D eigenvalue weighted by Gasteiger charge is 2.61. The first kappa shape index (κ1) is 39.5. The molecular formula is C46H52ClN7O4S. The van der Waals surface area contributed by atoms with Crippen molar-refractivity contribution in [3.8, 4) is 11.5 Å². The zero-order chi connectivity index (χ0) is 40.5. The van der Waals surface area contributed by atoms with E-state index < -0.39 is 0 Å². The average Bonchev–Trinajstić information content (AvgIpc) is 3.95. The molecule has 59 heavy (non-hydrogen) atoms. The van der Waals surface area contributed by atoms with Crippen LogP contribution in [0.3, 0.4) is 0 Å². The van der Waals surface area contributed by atoms with Crippen LogP contribution in [-0.4, -0.2) is 66.1 Å². The molecule has 308 valence electrons. The number of aromatic amines is 1. The van der Waals surface area contributed by atoms with Crippen LogP contribution in [0.1, 0.15) is 78.9 Å². The Bertz CT molecular complexity index is 2330. The molecule has 3 saturated heterocycles. The number of fused-ring (bicyclic) bond motifs is 1. The fourth-order valence-electron chi connectivity index (χ4n) is 9.71. The lowest BCUT2D eigenvalue weighted by atomic mass is 9.65. The highest BCUT2D eigenvalue weighted by Crippen LogP contribution is 2.60. The molecule has 11 nitrogen and oxygen atoms in total. The van der Waals surface area contributed by atoms with E-state index >= 15 is 0 Å². The van der Waals surface area contributed by atoms with Gasteiger partial charge in [0.15, 0.2) is 0 Å². The summed E-state index contributed by atoms with van der Waals surface area (Å²) in [7, 11) is 0. The molecule has 4 aliphatic rings. The molecule has 13 heteroatoms. The third kappa shape index (κ3) is 8.19. The fourth-order valence-corrected chi connectivity index (χ4v) is 10.6. The predicted molar refractivity (Wildman–Crippen MR) is 235 cm³/mol. The molecule has 2 aromatic heterocycles. The summed E-state index contributed by atoms with van der Waals surface area (Å²) >= 11 is 7.58. The Morgan fingerprint density at radius 1 is 1.02 bits per heavy atom. The molecule has 1 atom stereocenters. The van der Waals surface area contributed by atoms with Crippen LogP contribution in [0.15, 0.2) is 84.0 Å². The molecule has 3 aromatic carbocycles. The third-order valence-electron chi connectivity index (χ3n) is 13.0. The number of carbonyl (C=O) groups is 2. The van der Waals surface area contributed by atoms with Crippen molar-refractivity contribution < 1.29 is 19.1 Å². The van der Waals surface area contributed by atoms with Crippen molar-refractivity contribution in [1.82, 2.24) is 19.6 Å². The first-order chi connectivity index (χ1) is 28.7. The molecule has 4 fully saturated rings. The Balaban J connectivity index is 0.877. The summed E-state index contributed by atoms with van der Waals surface area (Å²) in [6, 6.07) is 21.7. The van der Waals surface area contributed by atoms with Crippen LogP contribution in [0.4, 0.5) is 17.1 Å². The normalized spacial score (nSPS) is 19.6. The lowest BCUT2D eigenvalue weighted by Gasteiger charge is -2.56. The van der Waals surface area contributed by atoms with Crippen molar-refractivity contribution in [2.45, 2.75) is 69.2 Å². The maximum absolute atomic E-state index is 13.9. The lowest BCUT2D eigenvalue weighted by molar-refractivity contribution is -0.174. The van der Waals surface area contributed by atoms with E-state index in [4.69, 9.17) is 26.8 Å². The summed E-state index contributed by atoms with van der Waals surface area (Å²) in [6.45, 7) is 7.02. The number of carbonyl (C=O) groups excluding carboxylic acids is 2. The van der Waals surface area contributed by atoms with E-state index in [2.05, 4.69) is 42.8 Å². The number of amides is 2. The molecule has 1 spiro atoms. The van der Waals surface area contributed by atoms with E-state index in [0.717, 1.165) is 129 Å². The number of aromatic nitrogens is 2. The number of piperidine rings is 1. The lowest BCUT2D eigenvalue weighted by Crippen LogP contribution is -2.63. The van der Waals surface area contributed by atoms with E-state index in [-0.39, 0.29) is 17.4 Å². The number of benzene rings is 3. The number of nitrogens with two attached hydrogens (primary N) is 1. The summed E-state index contributed by atoms with van der Waals surface area (Å²) in [6.07, 6.45) is 11.7. The summed E-state index contributed by atoms with van der Waals surface area (Å²) < 4.78 is 15.0. The number of hydrogen-bond donors (Lipinski definition) is 4. The third-order valence-corrected chi connectivity index (χ3v) is 14.0. The maximum Gasteiger partial charge on any atom is 0.265 e. The number of anilines is 3. The molecule has 1 saturated carbocycles. The number of pyridine rings is 1. The highest BCUT2D eigenvalue weighted by molar-refractivity contribution is 7.98. The number of nitrogens with one attached hydrogen (secondary N) is 3. The van der Waals surface area contributed by atoms with Gasteiger partial charge in [0.25, 0.3) is 5.91 Å². The molecule has 5 N–H and O–H groups in total. The van der Waals surface area contributed by atoms with Crippen LogP contribution >= 0.6 is 23.5 Å². The molecule has 1 aliphatic carbocycles. The number of H-pyrrole nitrogens is 1. The van der Waals surface area contributed by atoms with E-state index in [1.807, 2.05) is 66.9 Å². The van der Waals surface area contributed by atoms with Crippen molar-refractivity contribution in [3.63, 3.8) is 0 Å². The average molecular weight is 834 g/mol. The van der Waals surface area contributed by atoms with Crippen molar-refractivity contribution in [2.24, 2.45) is 17.3 Å². The van der Waals surface area contributed by atoms with Gasteiger partial charge in [-0.05, 0) is 135 Å². The van der Waals surface area contributed by atoms with Gasteiger partial charge in [-0.1, -0.05) is 30.5 Å². The predicted octanol–water partition coefficient (Wildman–Crippen LogP) is 9.54. The van der Waals surface area contributed by atoms with E-state index in [0.29, 0.717) is 40.5 Å². The van der Waals surface area contributed by atoms with Crippen molar-refractivity contribution >= 4 is 63.5 Å². The molecular weight excluding hydrogens is 782 g/mol. The fraction of sp³-hybridized carbons (Fsp3) is 0.413. The second-order valence-electron chi connectivity index (χ2n) is 16.7. The van der Waals surface area contributed by atoms with Crippen LogP contribution in [0.5, 0.6) is 11.5 Å². The minimum absolute atomic E-state index is 0.116. The smallest absolute Gasteiger partial charge is 0.265 e. The Morgan fingerprint density at radius 3 is 2.61 bits per heavy atom. The van der Waals surface area contributed by atoms with Gasteiger partial charge in [0.1, 0.15) is 17.1 Å². The quantitative estimate of drug-likeness (QED) is 0.0550. The Hall–Kier alpha value is -4.91. The molecule has 5 aromatic rings. The van der Waals surface area contributed by atoms with Gasteiger partial charge < -0.3 is 35.3 Å². The van der Waals surface area contributed by atoms with Crippen LogP contribution < -0.4 is 25.4 Å². The van der Waals surface area contributed by atoms with Crippen LogP contribution in [0.2, 0.25) is 5.02 Å². The van der Waals surface area contributed by atoms with Crippen molar-refractivity contribution in [1.29, 1.82) is 0 Å². The summed E-state index contributed by atoms with van der Waals surface area (Å²) in [5, 5.41) is 5.14. The number of β-lactam (4-membered cyclic amide) rings is 1. The summed E-state index contributed by atoms with van der Waals surface area (Å²) in [5.74, 6) is 1.99. The standard InChI is InChI=1S/C46H52ClN7O4S/c1-29-22-33(47)4-7-37(29)42-46(15-2-3-16-46)45(56)54(42)28-31-11-18-53(19-12-31)34-5-8-38(41(24-34)58-35-23-32-10-17-49-43(32)51-27-35)44(55)52-59-36-6-9-40(39(48)25-36)50-26-30-13-20-57-21-14-30/h4-10,17,22-25,27,30-31,42,50H,2-3,11-16,18-21,26,28,48H2,1H3,(H,49,51)(H,52,55). The maximum atomic E-state index is 13.9. The number of aryl methyl sites for hydroxylation is 1. The molecule has 3 aliphatic heterocycles. The summed E-state index contributed by atoms with van der Waals surface area (Å²) in [5.41, 5.74) is 12.2. The van der Waals surface area contributed by atoms with Gasteiger partial charge >= 0.3 is 0 Å². The topological polar surface area (TPSA) is 138 Å². The molecule has 0 radical (unpaired) electrons. The Labute approximate surface area is 354 Å². The molecule has 5 heterocycles. The number of halogens is 1. The second-order valence-corrected chi connectivity index (χ2v) is 18.1. The molecule has 9 rings (SSSR count). The number of nitrogen functional groups attached to an aromatic ring is 1. The van der Waals surface area contributed by atoms with Gasteiger partial charge in [0.2, 0.25) is 5.91 Å². The van der Waals surface area contributed by atoms with Gasteiger partial charge in [0, 0.05) is 72.6 Å². The molecule has 1 unspecified atom stereocenters. The van der Waals surface area contributed by atoms with Crippen LogP contribution in [-0.2, 0) is 9.53 Å². The minimum Gasteiger partial charge on any atom is -0.455 e. The van der Waals surface area contributed by atoms with Crippen LogP contribution in [0.25, 0.3) is 11.0 Å². The summed E-state index contributed by atoms with van der Waals surface area (Å²) in [4.78, 5) is 40.7. The molecule has 2 amide bonds. The van der Waals surface area contributed by atoms with Crippen molar-refractivity contribution in [2.75, 3.05) is 55.3 Å². The van der Waals surface area contributed by atoms with Crippen molar-refractivity contribution in [3.05, 3.63) is 101 Å². The Kier molecular flexibility index (Phi) is 11.4. The van der Waals surface area contributed by atoms with Crippen LogP contribution in [0, 0.1) is 24.2 Å². The highest BCUT2D eigenvalue weighted by atomic mass is 35.5. The zero-order valence-electron chi connectivity index (χ0n) is 33.5.